The Balaban J connectivity index is 2.81. The van der Waals surface area contributed by atoms with E-state index in [-0.39, 0.29) is 5.39 Å². The van der Waals surface area contributed by atoms with Gasteiger partial charge in [0.2, 0.25) is 0 Å². The molecule has 2 N–H and O–H groups in total. The van der Waals surface area contributed by atoms with Gasteiger partial charge in [0.15, 0.2) is 0 Å². The summed E-state index contributed by atoms with van der Waals surface area (Å²) in [6, 6.07) is 1.48. The van der Waals surface area contributed by atoms with Crippen LogP contribution in [0, 0.1) is 0 Å². The van der Waals surface area contributed by atoms with Crippen LogP contribution in [0.4, 0.5) is 0 Å². The molecule has 2 aromatic rings. The molecule has 0 amide bonds. The van der Waals surface area contributed by atoms with Gasteiger partial charge < -0.3 is 10.1 Å². The number of carboxylic acid groups (broad SMARTS) is 1. The van der Waals surface area contributed by atoms with Gasteiger partial charge in [0.05, 0.1) is 10.9 Å². The standard InChI is InChI=1S/C9H7N3O4/c13-7(14)4-12-8(15)5-3-10-2-1-6(5)11-9(12)16/h1-3H,4H2,(H,11,16)(H,13,14). The summed E-state index contributed by atoms with van der Waals surface area (Å²) >= 11 is 0. The molecule has 0 spiro atoms. The summed E-state index contributed by atoms with van der Waals surface area (Å²) in [6.07, 6.45) is 2.71. The normalized spacial score (nSPS) is 10.5. The average molecular weight is 221 g/mol. The number of carboxylic acids is 1. The van der Waals surface area contributed by atoms with E-state index in [1.54, 1.807) is 0 Å². The van der Waals surface area contributed by atoms with Crippen molar-refractivity contribution in [2.75, 3.05) is 0 Å². The molecule has 0 bridgehead atoms. The molecular formula is C9H7N3O4. The summed E-state index contributed by atoms with van der Waals surface area (Å²) in [5, 5.41) is 8.74. The molecular weight excluding hydrogens is 214 g/mol. The number of pyridine rings is 1. The van der Waals surface area contributed by atoms with Gasteiger partial charge in [-0.05, 0) is 6.07 Å². The Morgan fingerprint density at radius 2 is 2.25 bits per heavy atom. The average Bonchev–Trinajstić information content (AvgIpc) is 2.24. The Morgan fingerprint density at radius 1 is 1.50 bits per heavy atom. The molecule has 0 aromatic carbocycles. The molecule has 0 aliphatic heterocycles. The lowest BCUT2D eigenvalue weighted by atomic mass is 10.3. The lowest BCUT2D eigenvalue weighted by Crippen LogP contribution is -2.37. The first-order valence-electron chi connectivity index (χ1n) is 4.38. The number of hydrogen-bond acceptors (Lipinski definition) is 4. The third-order valence-electron chi connectivity index (χ3n) is 2.08. The molecule has 7 heteroatoms. The van der Waals surface area contributed by atoms with Gasteiger partial charge in [0, 0.05) is 12.4 Å². The third kappa shape index (κ3) is 1.58. The smallest absolute Gasteiger partial charge is 0.329 e. The SMILES string of the molecule is O=C(O)Cn1c(=O)[nH]c2ccncc2c1=O. The number of rotatable bonds is 2. The molecule has 7 nitrogen and oxygen atoms in total. The molecule has 0 unspecified atom stereocenters. The van der Waals surface area contributed by atoms with Crippen molar-refractivity contribution in [3.63, 3.8) is 0 Å². The zero-order chi connectivity index (χ0) is 11.7. The highest BCUT2D eigenvalue weighted by molar-refractivity contribution is 5.76. The molecule has 2 rings (SSSR count). The summed E-state index contributed by atoms with van der Waals surface area (Å²) in [4.78, 5) is 39.8. The van der Waals surface area contributed by atoms with Crippen LogP contribution in [0.2, 0.25) is 0 Å². The Labute approximate surface area is 88.0 Å². The summed E-state index contributed by atoms with van der Waals surface area (Å²) in [5.74, 6) is -1.25. The summed E-state index contributed by atoms with van der Waals surface area (Å²) in [7, 11) is 0. The van der Waals surface area contributed by atoms with Gasteiger partial charge in [-0.15, -0.1) is 0 Å². The Hall–Kier alpha value is -2.44. The molecule has 0 fully saturated rings. The fourth-order valence-corrected chi connectivity index (χ4v) is 1.37. The zero-order valence-electron chi connectivity index (χ0n) is 8.01. The highest BCUT2D eigenvalue weighted by atomic mass is 16.4. The molecule has 0 aliphatic rings. The summed E-state index contributed by atoms with van der Waals surface area (Å²) in [5.41, 5.74) is -1.06. The maximum Gasteiger partial charge on any atom is 0.329 e. The van der Waals surface area contributed by atoms with Gasteiger partial charge in [0.1, 0.15) is 6.54 Å². The van der Waals surface area contributed by atoms with E-state index >= 15 is 0 Å². The second-order valence-electron chi connectivity index (χ2n) is 3.14. The fraction of sp³-hybridized carbons (Fsp3) is 0.111. The van der Waals surface area contributed by atoms with Crippen molar-refractivity contribution in [3.8, 4) is 0 Å². The van der Waals surface area contributed by atoms with E-state index in [2.05, 4.69) is 9.97 Å². The lowest BCUT2D eigenvalue weighted by Gasteiger charge is -2.02. The van der Waals surface area contributed by atoms with E-state index in [1.165, 1.54) is 18.5 Å². The predicted octanol–water partition coefficient (Wildman–Crippen LogP) is -0.831. The summed E-state index contributed by atoms with van der Waals surface area (Å²) in [6.45, 7) is -0.668. The van der Waals surface area contributed by atoms with E-state index < -0.39 is 23.8 Å². The fourth-order valence-electron chi connectivity index (χ4n) is 1.37. The largest absolute Gasteiger partial charge is 0.480 e. The van der Waals surface area contributed by atoms with Crippen molar-refractivity contribution in [2.24, 2.45) is 0 Å². The van der Waals surface area contributed by atoms with Crippen LogP contribution in [0.3, 0.4) is 0 Å². The van der Waals surface area contributed by atoms with Crippen LogP contribution in [0.15, 0.2) is 28.0 Å². The number of fused-ring (bicyclic) bond motifs is 1. The number of H-pyrrole nitrogens is 1. The van der Waals surface area contributed by atoms with Crippen LogP contribution in [0.25, 0.3) is 10.9 Å². The first-order chi connectivity index (χ1) is 7.59. The van der Waals surface area contributed by atoms with Crippen LogP contribution >= 0.6 is 0 Å². The van der Waals surface area contributed by atoms with Crippen molar-refractivity contribution in [1.29, 1.82) is 0 Å². The monoisotopic (exact) mass is 221 g/mol. The second-order valence-corrected chi connectivity index (χ2v) is 3.14. The summed E-state index contributed by atoms with van der Waals surface area (Å²) < 4.78 is 0.617. The highest BCUT2D eigenvalue weighted by Gasteiger charge is 2.09. The number of aromatic nitrogens is 3. The third-order valence-corrected chi connectivity index (χ3v) is 2.08. The van der Waals surface area contributed by atoms with E-state index in [1.807, 2.05) is 0 Å². The van der Waals surface area contributed by atoms with Crippen LogP contribution in [-0.2, 0) is 11.3 Å². The molecule has 2 aromatic heterocycles. The van der Waals surface area contributed by atoms with E-state index in [0.29, 0.717) is 10.1 Å². The Bertz CT molecular complexity index is 670. The number of nitrogens with zero attached hydrogens (tertiary/aromatic N) is 2. The first kappa shape index (κ1) is 10.1. The van der Waals surface area contributed by atoms with Crippen LogP contribution in [0.5, 0.6) is 0 Å². The number of aliphatic carboxylic acids is 1. The van der Waals surface area contributed by atoms with Gasteiger partial charge in [-0.2, -0.15) is 0 Å². The van der Waals surface area contributed by atoms with Gasteiger partial charge >= 0.3 is 11.7 Å². The number of nitrogens with one attached hydrogen (secondary N) is 1. The number of aromatic amines is 1. The molecule has 2 heterocycles. The maximum absolute atomic E-state index is 11.7. The topological polar surface area (TPSA) is 105 Å². The zero-order valence-corrected chi connectivity index (χ0v) is 8.01. The minimum absolute atomic E-state index is 0.184. The molecule has 0 aliphatic carbocycles. The molecule has 82 valence electrons. The molecule has 0 saturated heterocycles. The van der Waals surface area contributed by atoms with E-state index in [9.17, 15) is 14.4 Å². The lowest BCUT2D eigenvalue weighted by molar-refractivity contribution is -0.137. The van der Waals surface area contributed by atoms with Crippen LogP contribution in [0.1, 0.15) is 0 Å². The quantitative estimate of drug-likeness (QED) is 0.688. The van der Waals surface area contributed by atoms with Crippen molar-refractivity contribution >= 4 is 16.9 Å². The highest BCUT2D eigenvalue weighted by Crippen LogP contribution is 2.00. The molecule has 0 saturated carbocycles. The van der Waals surface area contributed by atoms with E-state index in [4.69, 9.17) is 5.11 Å². The first-order valence-corrected chi connectivity index (χ1v) is 4.38. The van der Waals surface area contributed by atoms with Crippen molar-refractivity contribution < 1.29 is 9.90 Å². The van der Waals surface area contributed by atoms with Gasteiger partial charge in [-0.1, -0.05) is 0 Å². The molecule has 0 radical (unpaired) electrons. The Morgan fingerprint density at radius 3 is 2.94 bits per heavy atom. The van der Waals surface area contributed by atoms with Gasteiger partial charge in [-0.25, -0.2) is 9.36 Å². The van der Waals surface area contributed by atoms with E-state index in [0.717, 1.165) is 0 Å². The molecule has 0 atom stereocenters. The minimum atomic E-state index is -1.25. The predicted molar refractivity (Wildman–Crippen MR) is 54.3 cm³/mol. The van der Waals surface area contributed by atoms with Crippen LogP contribution in [-0.4, -0.2) is 25.6 Å². The van der Waals surface area contributed by atoms with Crippen molar-refractivity contribution in [1.82, 2.24) is 14.5 Å². The van der Waals surface area contributed by atoms with Crippen LogP contribution < -0.4 is 11.2 Å². The van der Waals surface area contributed by atoms with Gasteiger partial charge in [0.25, 0.3) is 5.56 Å². The van der Waals surface area contributed by atoms with Crippen molar-refractivity contribution in [3.05, 3.63) is 39.3 Å². The van der Waals surface area contributed by atoms with Gasteiger partial charge in [-0.3, -0.25) is 14.6 Å². The minimum Gasteiger partial charge on any atom is -0.480 e. The Kier molecular flexibility index (Phi) is 2.28. The number of carbonyl (C=O) groups is 1. The molecule has 16 heavy (non-hydrogen) atoms. The number of hydrogen-bond donors (Lipinski definition) is 2. The maximum atomic E-state index is 11.7. The second kappa shape index (κ2) is 3.61. The van der Waals surface area contributed by atoms with Crippen molar-refractivity contribution in [2.45, 2.75) is 6.54 Å².